The van der Waals surface area contributed by atoms with E-state index in [1.165, 1.54) is 103 Å². The Bertz CT molecular complexity index is 1050. The van der Waals surface area contributed by atoms with Gasteiger partial charge in [-0.15, -0.1) is 0 Å². The molecule has 2 fully saturated rings. The molecule has 2 aliphatic heterocycles. The summed E-state index contributed by atoms with van der Waals surface area (Å²) in [5.74, 6) is -0.378. The van der Waals surface area contributed by atoms with E-state index in [1.54, 1.807) is 0 Å². The Morgan fingerprint density at radius 2 is 0.983 bits per heavy atom. The number of hydrogen-bond acceptors (Lipinski definition) is 14. The van der Waals surface area contributed by atoms with E-state index in [0.717, 1.165) is 44.9 Å². The summed E-state index contributed by atoms with van der Waals surface area (Å²) < 4.78 is 34.2. The van der Waals surface area contributed by atoms with Gasteiger partial charge in [0.2, 0.25) is 0 Å². The fraction of sp³-hybridized carbons (Fsp3) is 0.935. The van der Waals surface area contributed by atoms with Crippen LogP contribution in [0.5, 0.6) is 0 Å². The van der Waals surface area contributed by atoms with Gasteiger partial charge in [0, 0.05) is 13.0 Å². The maximum absolute atomic E-state index is 12.9. The third-order valence-corrected chi connectivity index (χ3v) is 11.5. The highest BCUT2D eigenvalue weighted by Gasteiger charge is 2.47. The van der Waals surface area contributed by atoms with Gasteiger partial charge in [0.15, 0.2) is 12.6 Å². The molecule has 11 atom stereocenters. The van der Waals surface area contributed by atoms with E-state index in [4.69, 9.17) is 28.4 Å². The number of rotatable bonds is 37. The number of hydrogen-bond donors (Lipinski definition) is 7. The Morgan fingerprint density at radius 1 is 0.533 bits per heavy atom. The minimum Gasteiger partial charge on any atom is -0.457 e. The molecule has 0 saturated carbocycles. The molecular formula is C46H86O14. The van der Waals surface area contributed by atoms with Crippen LogP contribution in [0.3, 0.4) is 0 Å². The van der Waals surface area contributed by atoms with Crippen molar-refractivity contribution in [3.63, 3.8) is 0 Å². The normalized spacial score (nSPS) is 27.8. The number of allylic oxidation sites excluding steroid dienone is 2. The second kappa shape index (κ2) is 35.1. The minimum absolute atomic E-state index is 0.0621. The molecule has 0 aromatic rings. The first-order valence-electron chi connectivity index (χ1n) is 23.8. The van der Waals surface area contributed by atoms with Crippen LogP contribution >= 0.6 is 0 Å². The summed E-state index contributed by atoms with van der Waals surface area (Å²) >= 11 is 0. The second-order valence-corrected chi connectivity index (χ2v) is 16.9. The van der Waals surface area contributed by atoms with Crippen molar-refractivity contribution in [1.29, 1.82) is 0 Å². The van der Waals surface area contributed by atoms with E-state index in [9.17, 15) is 40.5 Å². The molecule has 7 N–H and O–H groups in total. The van der Waals surface area contributed by atoms with Crippen LogP contribution in [0, 0.1) is 0 Å². The lowest BCUT2D eigenvalue weighted by molar-refractivity contribution is -0.332. The summed E-state index contributed by atoms with van der Waals surface area (Å²) in [4.78, 5) is 12.9. The summed E-state index contributed by atoms with van der Waals surface area (Å²) in [6.45, 7) is 3.66. The Morgan fingerprint density at radius 3 is 1.52 bits per heavy atom. The number of carbonyl (C=O) groups excluding carboxylic acids is 1. The van der Waals surface area contributed by atoms with Crippen LogP contribution in [0.15, 0.2) is 12.2 Å². The van der Waals surface area contributed by atoms with Crippen molar-refractivity contribution in [1.82, 2.24) is 0 Å². The summed E-state index contributed by atoms with van der Waals surface area (Å²) in [5.41, 5.74) is 0. The molecule has 0 bridgehead atoms. The third kappa shape index (κ3) is 23.4. The second-order valence-electron chi connectivity index (χ2n) is 16.9. The van der Waals surface area contributed by atoms with Gasteiger partial charge >= 0.3 is 5.97 Å². The van der Waals surface area contributed by atoms with Crippen molar-refractivity contribution >= 4 is 5.97 Å². The Kier molecular flexibility index (Phi) is 32.1. The Hall–Kier alpha value is -1.27. The molecule has 0 amide bonds. The lowest BCUT2D eigenvalue weighted by Gasteiger charge is -2.42. The number of esters is 1. The number of ether oxygens (including phenoxy) is 6. The van der Waals surface area contributed by atoms with Crippen LogP contribution in [0.1, 0.15) is 174 Å². The van der Waals surface area contributed by atoms with E-state index < -0.39 is 80.7 Å². The minimum atomic E-state index is -1.70. The predicted molar refractivity (Wildman–Crippen MR) is 229 cm³/mol. The van der Waals surface area contributed by atoms with Crippen LogP contribution in [0.2, 0.25) is 0 Å². The molecule has 60 heavy (non-hydrogen) atoms. The average molecular weight is 863 g/mol. The molecule has 11 unspecified atom stereocenters. The molecular weight excluding hydrogens is 776 g/mol. The maximum atomic E-state index is 12.9. The Labute approximate surface area is 361 Å². The van der Waals surface area contributed by atoms with Crippen molar-refractivity contribution < 1.29 is 69.0 Å². The third-order valence-electron chi connectivity index (χ3n) is 11.5. The van der Waals surface area contributed by atoms with Crippen LogP contribution in [-0.4, -0.2) is 142 Å². The first-order valence-corrected chi connectivity index (χ1v) is 23.8. The summed E-state index contributed by atoms with van der Waals surface area (Å²) in [6, 6.07) is 0. The molecule has 0 aromatic carbocycles. The quantitative estimate of drug-likeness (QED) is 0.0220. The monoisotopic (exact) mass is 863 g/mol. The number of aliphatic hydroxyl groups excluding tert-OH is 7. The van der Waals surface area contributed by atoms with Crippen molar-refractivity contribution in [3.05, 3.63) is 12.2 Å². The SMILES string of the molecule is CCCCCCC/C=C\CCCCCCCCOCC(COC1OC(COC2OC(CO)C(O)C(O)C2O)C(O)C(O)C1O)OC(=O)CCCCCCCCCCCCC. The first-order chi connectivity index (χ1) is 29.1. The molecule has 0 radical (unpaired) electrons. The van der Waals surface area contributed by atoms with E-state index in [0.29, 0.717) is 13.0 Å². The molecule has 0 aromatic heterocycles. The van der Waals surface area contributed by atoms with Crippen molar-refractivity contribution in [3.8, 4) is 0 Å². The van der Waals surface area contributed by atoms with Gasteiger partial charge in [-0.1, -0.05) is 142 Å². The first kappa shape index (κ1) is 54.9. The van der Waals surface area contributed by atoms with Gasteiger partial charge in [-0.05, 0) is 38.5 Å². The molecule has 2 rings (SSSR count). The smallest absolute Gasteiger partial charge is 0.306 e. The summed E-state index contributed by atoms with van der Waals surface area (Å²) in [7, 11) is 0. The molecule has 2 saturated heterocycles. The van der Waals surface area contributed by atoms with Crippen LogP contribution < -0.4 is 0 Å². The van der Waals surface area contributed by atoms with Crippen LogP contribution in [0.4, 0.5) is 0 Å². The molecule has 14 nitrogen and oxygen atoms in total. The molecule has 2 aliphatic rings. The molecule has 354 valence electrons. The Balaban J connectivity index is 1.80. The van der Waals surface area contributed by atoms with Gasteiger partial charge in [-0.2, -0.15) is 0 Å². The zero-order valence-corrected chi connectivity index (χ0v) is 37.2. The predicted octanol–water partition coefficient (Wildman–Crippen LogP) is 5.90. The standard InChI is InChI=1S/C46H86O14/c1-3-5-7-9-11-13-15-16-17-18-20-22-24-26-28-30-55-32-35(58-38(48)29-27-25-23-21-19-14-12-10-8-6-4-2)33-56-45-44(54)42(52)40(50)37(60-45)34-57-46-43(53)41(51)39(49)36(31-47)59-46/h15-16,35-37,39-47,49-54H,3-14,17-34H2,1-2H3/b16-15-. The number of aliphatic hydroxyl groups is 7. The lowest BCUT2D eigenvalue weighted by atomic mass is 9.98. The lowest BCUT2D eigenvalue weighted by Crippen LogP contribution is -2.61. The fourth-order valence-corrected chi connectivity index (χ4v) is 7.57. The van der Waals surface area contributed by atoms with E-state index in [1.807, 2.05) is 0 Å². The van der Waals surface area contributed by atoms with E-state index >= 15 is 0 Å². The highest BCUT2D eigenvalue weighted by Crippen LogP contribution is 2.26. The topological polar surface area (TPSA) is 214 Å². The molecule has 0 aliphatic carbocycles. The van der Waals surface area contributed by atoms with Gasteiger partial charge in [0.1, 0.15) is 54.9 Å². The van der Waals surface area contributed by atoms with Gasteiger partial charge in [-0.25, -0.2) is 0 Å². The van der Waals surface area contributed by atoms with Gasteiger partial charge in [0.05, 0.1) is 26.4 Å². The molecule has 0 spiro atoms. The summed E-state index contributed by atoms with van der Waals surface area (Å²) in [5, 5.41) is 71.9. The summed E-state index contributed by atoms with van der Waals surface area (Å²) in [6.07, 6.45) is 17.1. The van der Waals surface area contributed by atoms with Crippen molar-refractivity contribution in [2.45, 2.75) is 242 Å². The van der Waals surface area contributed by atoms with Crippen LogP contribution in [-0.2, 0) is 33.2 Å². The maximum Gasteiger partial charge on any atom is 0.306 e. The molecule has 14 heteroatoms. The van der Waals surface area contributed by atoms with E-state index in [-0.39, 0.29) is 25.6 Å². The van der Waals surface area contributed by atoms with Gasteiger partial charge in [-0.3, -0.25) is 4.79 Å². The van der Waals surface area contributed by atoms with Crippen molar-refractivity contribution in [2.24, 2.45) is 0 Å². The zero-order valence-electron chi connectivity index (χ0n) is 37.2. The average Bonchev–Trinajstić information content (AvgIpc) is 3.24. The number of unbranched alkanes of at least 4 members (excludes halogenated alkanes) is 21. The van der Waals surface area contributed by atoms with Gasteiger partial charge in [0.25, 0.3) is 0 Å². The molecule has 2 heterocycles. The largest absolute Gasteiger partial charge is 0.457 e. The zero-order chi connectivity index (χ0) is 43.8. The van der Waals surface area contributed by atoms with Crippen LogP contribution in [0.25, 0.3) is 0 Å². The van der Waals surface area contributed by atoms with Crippen molar-refractivity contribution in [2.75, 3.05) is 33.0 Å². The fourth-order valence-electron chi connectivity index (χ4n) is 7.57. The highest BCUT2D eigenvalue weighted by atomic mass is 16.7. The van der Waals surface area contributed by atoms with Gasteiger partial charge < -0.3 is 64.2 Å². The number of carbonyl (C=O) groups is 1. The highest BCUT2D eigenvalue weighted by molar-refractivity contribution is 5.69. The van der Waals surface area contributed by atoms with E-state index in [2.05, 4.69) is 26.0 Å².